The topological polar surface area (TPSA) is 24.7 Å². The lowest BCUT2D eigenvalue weighted by Crippen LogP contribution is -2.18. The maximum atomic E-state index is 4.34. The van der Waals surface area contributed by atoms with E-state index in [-0.39, 0.29) is 5.54 Å². The minimum atomic E-state index is -0.313. The molecular formula is C11H18N2. The van der Waals surface area contributed by atoms with Gasteiger partial charge in [-0.25, -0.2) is 0 Å². The van der Waals surface area contributed by atoms with Gasteiger partial charge in [0.15, 0.2) is 0 Å². The van der Waals surface area contributed by atoms with Crippen molar-refractivity contribution in [1.29, 1.82) is 0 Å². The third-order valence-corrected chi connectivity index (χ3v) is 1.67. The van der Waals surface area contributed by atoms with Crippen molar-refractivity contribution in [3.05, 3.63) is 24.4 Å². The minimum absolute atomic E-state index is 0.313. The van der Waals surface area contributed by atoms with Crippen LogP contribution < -0.4 is 0 Å². The molecule has 0 N–H and O–H groups in total. The normalized spacial score (nSPS) is 13.5. The zero-order valence-corrected chi connectivity index (χ0v) is 8.91. The SMILES string of the molecule is C=C(N=CC)C(C)(C)N=C/C=C\C. The maximum absolute atomic E-state index is 4.34. The highest BCUT2D eigenvalue weighted by molar-refractivity contribution is 5.71. The molecule has 72 valence electrons. The first-order valence-electron chi connectivity index (χ1n) is 4.39. The van der Waals surface area contributed by atoms with Crippen LogP contribution in [0.15, 0.2) is 34.4 Å². The van der Waals surface area contributed by atoms with Crippen LogP contribution in [0.5, 0.6) is 0 Å². The molecule has 0 rings (SSSR count). The van der Waals surface area contributed by atoms with Crippen LogP contribution in [0.25, 0.3) is 0 Å². The molecular weight excluding hydrogens is 160 g/mol. The van der Waals surface area contributed by atoms with E-state index in [1.54, 1.807) is 12.4 Å². The highest BCUT2D eigenvalue weighted by Crippen LogP contribution is 2.19. The molecule has 0 spiro atoms. The van der Waals surface area contributed by atoms with Gasteiger partial charge in [-0.2, -0.15) is 0 Å². The summed E-state index contributed by atoms with van der Waals surface area (Å²) in [6.07, 6.45) is 7.34. The van der Waals surface area contributed by atoms with E-state index in [4.69, 9.17) is 0 Å². The van der Waals surface area contributed by atoms with Crippen LogP contribution in [-0.2, 0) is 0 Å². The molecule has 0 aromatic carbocycles. The molecule has 0 saturated carbocycles. The fraction of sp³-hybridized carbons (Fsp3) is 0.455. The van der Waals surface area contributed by atoms with E-state index in [1.807, 2.05) is 39.8 Å². The van der Waals surface area contributed by atoms with Crippen LogP contribution in [0.1, 0.15) is 27.7 Å². The molecule has 0 amide bonds. The lowest BCUT2D eigenvalue weighted by molar-refractivity contribution is 0.614. The Balaban J connectivity index is 4.47. The Morgan fingerprint density at radius 3 is 2.38 bits per heavy atom. The van der Waals surface area contributed by atoms with Gasteiger partial charge < -0.3 is 0 Å². The fourth-order valence-electron chi connectivity index (χ4n) is 0.704. The smallest absolute Gasteiger partial charge is 0.0963 e. The number of nitrogens with zero attached hydrogens (tertiary/aromatic N) is 2. The average Bonchev–Trinajstić information content (AvgIpc) is 2.05. The van der Waals surface area contributed by atoms with Gasteiger partial charge in [0.25, 0.3) is 0 Å². The van der Waals surface area contributed by atoms with Gasteiger partial charge in [-0.3, -0.25) is 9.98 Å². The fourth-order valence-corrected chi connectivity index (χ4v) is 0.704. The number of aliphatic imine (C=N–C) groups is 2. The van der Waals surface area contributed by atoms with Crippen molar-refractivity contribution < 1.29 is 0 Å². The minimum Gasteiger partial charge on any atom is -0.281 e. The van der Waals surface area contributed by atoms with Crippen LogP contribution in [0.2, 0.25) is 0 Å². The summed E-state index contributed by atoms with van der Waals surface area (Å²) in [6.45, 7) is 11.7. The summed E-state index contributed by atoms with van der Waals surface area (Å²) < 4.78 is 0. The molecule has 0 radical (unpaired) electrons. The lowest BCUT2D eigenvalue weighted by atomic mass is 10.0. The second-order valence-electron chi connectivity index (χ2n) is 3.20. The number of allylic oxidation sites excluding steroid dienone is 2. The van der Waals surface area contributed by atoms with E-state index in [9.17, 15) is 0 Å². The van der Waals surface area contributed by atoms with Crippen LogP contribution >= 0.6 is 0 Å². The highest BCUT2D eigenvalue weighted by atomic mass is 14.9. The largest absolute Gasteiger partial charge is 0.281 e. The molecule has 0 fully saturated rings. The van der Waals surface area contributed by atoms with Crippen LogP contribution in [0.3, 0.4) is 0 Å². The highest BCUT2D eigenvalue weighted by Gasteiger charge is 2.18. The lowest BCUT2D eigenvalue weighted by Gasteiger charge is -2.18. The van der Waals surface area contributed by atoms with Gasteiger partial charge in [0, 0.05) is 12.4 Å². The summed E-state index contributed by atoms with van der Waals surface area (Å²) in [5, 5.41) is 0. The molecule has 0 atom stereocenters. The average molecular weight is 178 g/mol. The Hall–Kier alpha value is -1.18. The molecule has 0 saturated heterocycles. The van der Waals surface area contributed by atoms with Crippen molar-refractivity contribution in [3.63, 3.8) is 0 Å². The third-order valence-electron chi connectivity index (χ3n) is 1.67. The molecule has 0 bridgehead atoms. The van der Waals surface area contributed by atoms with Crippen molar-refractivity contribution in [3.8, 4) is 0 Å². The third kappa shape index (κ3) is 4.41. The van der Waals surface area contributed by atoms with E-state index >= 15 is 0 Å². The Kier molecular flexibility index (Phi) is 4.97. The molecule has 0 aliphatic carbocycles. The first kappa shape index (κ1) is 11.8. The summed E-state index contributed by atoms with van der Waals surface area (Å²) in [4.78, 5) is 8.46. The molecule has 0 aliphatic rings. The van der Waals surface area contributed by atoms with E-state index in [0.717, 1.165) is 5.70 Å². The van der Waals surface area contributed by atoms with Gasteiger partial charge in [0.1, 0.15) is 0 Å². The molecule has 0 aromatic heterocycles. The van der Waals surface area contributed by atoms with E-state index < -0.39 is 0 Å². The first-order valence-corrected chi connectivity index (χ1v) is 4.39. The second kappa shape index (κ2) is 5.46. The maximum Gasteiger partial charge on any atom is 0.0963 e. The van der Waals surface area contributed by atoms with E-state index in [2.05, 4.69) is 16.6 Å². The quantitative estimate of drug-likeness (QED) is 0.591. The predicted octanol–water partition coefficient (Wildman–Crippen LogP) is 3.02. The summed E-state index contributed by atoms with van der Waals surface area (Å²) in [5.74, 6) is 0. The standard InChI is InChI=1S/C11H18N2/c1-6-8-9-13-11(4,5)10(3)12-7-2/h6-9H,3H2,1-2,4-5H3/b8-6-,12-7?,13-9?. The number of hydrogen-bond donors (Lipinski definition) is 0. The van der Waals surface area contributed by atoms with Gasteiger partial charge in [0.2, 0.25) is 0 Å². The zero-order chi connectivity index (χ0) is 10.3. The molecule has 2 heteroatoms. The van der Waals surface area contributed by atoms with Crippen molar-refractivity contribution in [1.82, 2.24) is 0 Å². The Morgan fingerprint density at radius 1 is 1.31 bits per heavy atom. The molecule has 13 heavy (non-hydrogen) atoms. The monoisotopic (exact) mass is 178 g/mol. The van der Waals surface area contributed by atoms with Crippen molar-refractivity contribution in [2.45, 2.75) is 33.2 Å². The van der Waals surface area contributed by atoms with Crippen molar-refractivity contribution in [2.75, 3.05) is 0 Å². The van der Waals surface area contributed by atoms with Crippen LogP contribution in [-0.4, -0.2) is 18.0 Å². The Morgan fingerprint density at radius 2 is 1.92 bits per heavy atom. The number of hydrogen-bond acceptors (Lipinski definition) is 2. The predicted molar refractivity (Wildman–Crippen MR) is 60.7 cm³/mol. The molecule has 0 aromatic rings. The van der Waals surface area contributed by atoms with E-state index in [0.29, 0.717) is 0 Å². The van der Waals surface area contributed by atoms with Gasteiger partial charge in [0.05, 0.1) is 11.2 Å². The van der Waals surface area contributed by atoms with Crippen molar-refractivity contribution in [2.24, 2.45) is 9.98 Å². The van der Waals surface area contributed by atoms with Gasteiger partial charge >= 0.3 is 0 Å². The van der Waals surface area contributed by atoms with Crippen molar-refractivity contribution >= 4 is 12.4 Å². The molecule has 0 aliphatic heterocycles. The summed E-state index contributed by atoms with van der Waals surface area (Å²) in [5.41, 5.74) is 0.460. The van der Waals surface area contributed by atoms with Gasteiger partial charge in [-0.15, -0.1) is 0 Å². The second-order valence-corrected chi connectivity index (χ2v) is 3.20. The zero-order valence-electron chi connectivity index (χ0n) is 8.91. The van der Waals surface area contributed by atoms with Crippen LogP contribution in [0, 0.1) is 0 Å². The van der Waals surface area contributed by atoms with E-state index in [1.165, 1.54) is 0 Å². The van der Waals surface area contributed by atoms with Crippen LogP contribution in [0.4, 0.5) is 0 Å². The molecule has 2 nitrogen and oxygen atoms in total. The van der Waals surface area contributed by atoms with Gasteiger partial charge in [-0.05, 0) is 33.8 Å². The molecule has 0 heterocycles. The summed E-state index contributed by atoms with van der Waals surface area (Å²) >= 11 is 0. The number of rotatable bonds is 4. The Labute approximate surface area is 80.8 Å². The molecule has 0 unspecified atom stereocenters. The summed E-state index contributed by atoms with van der Waals surface area (Å²) in [6, 6.07) is 0. The van der Waals surface area contributed by atoms with Gasteiger partial charge in [-0.1, -0.05) is 12.7 Å². The first-order chi connectivity index (χ1) is 6.04. The Bertz CT molecular complexity index is 245. The summed E-state index contributed by atoms with van der Waals surface area (Å²) in [7, 11) is 0.